The molecule has 3 aromatic rings. The molecule has 0 aliphatic carbocycles. The molecule has 2 aromatic heterocycles. The number of hydrogen-bond acceptors (Lipinski definition) is 9. The predicted molar refractivity (Wildman–Crippen MR) is 240 cm³/mol. The van der Waals surface area contributed by atoms with Crippen molar-refractivity contribution in [3.8, 4) is 6.07 Å². The molecule has 4 heterocycles. The first-order valence-corrected chi connectivity index (χ1v) is 22.1. The van der Waals surface area contributed by atoms with Gasteiger partial charge in [-0.3, -0.25) is 4.79 Å². The minimum atomic E-state index is -0.515. The smallest absolute Gasteiger partial charge is 0.303 e. The molecule has 58 heavy (non-hydrogen) atoms. The largest absolute Gasteiger partial charge is 0.460 e. The van der Waals surface area contributed by atoms with Crippen LogP contribution in [0.15, 0.2) is 17.8 Å². The first kappa shape index (κ1) is 50.3. The van der Waals surface area contributed by atoms with Crippen LogP contribution in [0.4, 0.5) is 19.7 Å². The van der Waals surface area contributed by atoms with Crippen molar-refractivity contribution in [2.45, 2.75) is 167 Å². The summed E-state index contributed by atoms with van der Waals surface area (Å²) < 4.78 is 42.5. The van der Waals surface area contributed by atoms with Gasteiger partial charge in [0.25, 0.3) is 0 Å². The highest BCUT2D eigenvalue weighted by Gasteiger charge is 2.33. The van der Waals surface area contributed by atoms with E-state index in [-0.39, 0.29) is 39.1 Å². The zero-order chi connectivity index (χ0) is 43.7. The molecule has 322 valence electrons. The second-order valence-corrected chi connectivity index (χ2v) is 17.5. The summed E-state index contributed by atoms with van der Waals surface area (Å²) in [5.74, 6) is 0.726. The Morgan fingerprint density at radius 2 is 1.78 bits per heavy atom. The van der Waals surface area contributed by atoms with Crippen LogP contribution in [0, 0.1) is 29.0 Å². The first-order chi connectivity index (χ1) is 27.4. The number of nitrogens with zero attached hydrogens (tertiary/aromatic N) is 4. The highest BCUT2D eigenvalue weighted by molar-refractivity contribution is 7.17. The topological polar surface area (TPSA) is 114 Å². The summed E-state index contributed by atoms with van der Waals surface area (Å²) in [5.41, 5.74) is 9.65. The lowest BCUT2D eigenvalue weighted by atomic mass is 9.85. The highest BCUT2D eigenvalue weighted by Crippen LogP contribution is 2.47. The van der Waals surface area contributed by atoms with E-state index in [1.165, 1.54) is 57.9 Å². The molecule has 2 aliphatic heterocycles. The zero-order valence-electron chi connectivity index (χ0n) is 37.8. The van der Waals surface area contributed by atoms with E-state index in [0.29, 0.717) is 52.5 Å². The molecule has 1 saturated heterocycles. The number of halogens is 2. The fourth-order valence-electron chi connectivity index (χ4n) is 6.64. The Hall–Kier alpha value is -3.88. The molecule has 2 N–H and O–H groups in total. The number of nitrogen functional groups attached to an aromatic ring is 1. The second-order valence-electron chi connectivity index (χ2n) is 16.4. The lowest BCUT2D eigenvalue weighted by Gasteiger charge is -2.20. The van der Waals surface area contributed by atoms with Gasteiger partial charge in [-0.25, -0.2) is 18.7 Å². The van der Waals surface area contributed by atoms with E-state index < -0.39 is 11.6 Å². The van der Waals surface area contributed by atoms with Gasteiger partial charge >= 0.3 is 5.97 Å². The second kappa shape index (κ2) is 24.3. The third-order valence-electron chi connectivity index (χ3n) is 10.3. The molecule has 11 heteroatoms. The van der Waals surface area contributed by atoms with E-state index in [9.17, 15) is 10.1 Å². The number of hydrogen-bond donors (Lipinski definition) is 1. The van der Waals surface area contributed by atoms with Crippen LogP contribution in [0.3, 0.4) is 0 Å². The van der Waals surface area contributed by atoms with Gasteiger partial charge in [0.15, 0.2) is 5.82 Å². The van der Waals surface area contributed by atoms with Gasteiger partial charge in [0.1, 0.15) is 28.0 Å². The number of ether oxygens (including phenoxy) is 2. The Labute approximate surface area is 352 Å². The van der Waals surface area contributed by atoms with Crippen molar-refractivity contribution in [1.82, 2.24) is 9.97 Å². The van der Waals surface area contributed by atoms with Crippen molar-refractivity contribution in [2.75, 3.05) is 23.7 Å². The van der Waals surface area contributed by atoms with Crippen LogP contribution in [-0.4, -0.2) is 34.6 Å². The molecule has 2 unspecified atom stereocenters. The first-order valence-electron chi connectivity index (χ1n) is 21.3. The maximum atomic E-state index is 16.7. The van der Waals surface area contributed by atoms with Crippen molar-refractivity contribution in [3.05, 3.63) is 56.4 Å². The molecule has 0 radical (unpaired) electrons. The number of fused-ring (bicyclic) bond motifs is 3. The monoisotopic (exact) mass is 824 g/mol. The summed E-state index contributed by atoms with van der Waals surface area (Å²) in [6.07, 6.45) is 14.3. The van der Waals surface area contributed by atoms with Gasteiger partial charge in [0, 0.05) is 42.7 Å². The van der Waals surface area contributed by atoms with Gasteiger partial charge in [-0.15, -0.1) is 11.3 Å². The third-order valence-corrected chi connectivity index (χ3v) is 11.3. The van der Waals surface area contributed by atoms with Crippen LogP contribution >= 0.6 is 11.3 Å². The van der Waals surface area contributed by atoms with Crippen molar-refractivity contribution in [1.29, 1.82) is 5.26 Å². The molecule has 8 nitrogen and oxygen atoms in total. The summed E-state index contributed by atoms with van der Waals surface area (Å²) in [4.78, 5) is 21.8. The Bertz CT molecular complexity index is 1900. The van der Waals surface area contributed by atoms with Crippen LogP contribution in [0.5, 0.6) is 0 Å². The molecule has 2 aliphatic rings. The van der Waals surface area contributed by atoms with Crippen molar-refractivity contribution in [3.63, 3.8) is 0 Å². The van der Waals surface area contributed by atoms with Crippen molar-refractivity contribution < 1.29 is 23.0 Å². The molecular weight excluding hydrogens is 753 g/mol. The average molecular weight is 824 g/mol. The standard InChI is InChI=1S/C28H29F2N5OS.C9H20.C6H12O2.C4H10/c1-5-15(4)21(23-16(9-31)27(32)37-26(23)20(29)6-2)22-19-13-36-12-18(19)17-10-33-28(34-25(17)24(22)30)35-8-7-14(3)11-35;1-4-6-7-8-9(3)5-2;1-5(7)8-6(2,3)4;1-3-4-2/h6,10,14H,5,7-8,11-13,32H2,1-4H3;9H,4-8H2,1-3H3;1-4H3;3-4H2,1-2H3/b20-6+,21-15+;;;. The Balaban J connectivity index is 0.000000455. The van der Waals surface area contributed by atoms with Crippen LogP contribution in [0.2, 0.25) is 0 Å². The summed E-state index contributed by atoms with van der Waals surface area (Å²) in [6, 6.07) is 2.14. The van der Waals surface area contributed by atoms with Crippen LogP contribution < -0.4 is 10.6 Å². The maximum absolute atomic E-state index is 16.7. The number of anilines is 2. The number of aromatic nitrogens is 2. The van der Waals surface area contributed by atoms with Gasteiger partial charge < -0.3 is 20.1 Å². The number of rotatable bonds is 11. The van der Waals surface area contributed by atoms with Gasteiger partial charge in [-0.1, -0.05) is 105 Å². The molecule has 2 atom stereocenters. The Morgan fingerprint density at radius 1 is 1.12 bits per heavy atom. The minimum absolute atomic E-state index is 0.154. The number of nitriles is 1. The molecule has 0 spiro atoms. The molecule has 1 fully saturated rings. The highest BCUT2D eigenvalue weighted by atomic mass is 32.1. The molecule has 0 bridgehead atoms. The van der Waals surface area contributed by atoms with E-state index in [1.54, 1.807) is 13.1 Å². The fourth-order valence-corrected chi connectivity index (χ4v) is 7.63. The van der Waals surface area contributed by atoms with Gasteiger partial charge in [-0.05, 0) is 76.0 Å². The number of carbonyl (C=O) groups is 1. The zero-order valence-corrected chi connectivity index (χ0v) is 38.6. The number of benzene rings is 1. The Kier molecular flexibility index (Phi) is 21.0. The van der Waals surface area contributed by atoms with E-state index in [4.69, 9.17) is 20.2 Å². The maximum Gasteiger partial charge on any atom is 0.303 e. The SMILES string of the molecule is C/C=C(/F)c1sc(N)c(C#N)c1/C(=C(\C)CC)c1c2c(c3cnc(N4CCC(C)C4)nc3c1F)COC2.CC(=O)OC(C)(C)C.CCCC.CCCCCC(C)CC. The van der Waals surface area contributed by atoms with Gasteiger partial charge in [0.05, 0.1) is 23.7 Å². The quantitative estimate of drug-likeness (QED) is 0.150. The fraction of sp³-hybridized carbons (Fsp3) is 0.617. The van der Waals surface area contributed by atoms with E-state index in [0.717, 1.165) is 47.9 Å². The summed E-state index contributed by atoms with van der Waals surface area (Å²) in [7, 11) is 0. The normalized spacial score (nSPS) is 15.9. The van der Waals surface area contributed by atoms with Crippen LogP contribution in [0.1, 0.15) is 180 Å². The van der Waals surface area contributed by atoms with Crippen LogP contribution in [-0.2, 0) is 27.5 Å². The third kappa shape index (κ3) is 13.9. The average Bonchev–Trinajstić information content (AvgIpc) is 3.94. The molecule has 0 amide bonds. The van der Waals surface area contributed by atoms with E-state index in [1.807, 2.05) is 34.6 Å². The summed E-state index contributed by atoms with van der Waals surface area (Å²) in [5, 5.41) is 10.8. The number of thiophene rings is 1. The molecular formula is C47H71F2N5O3S. The number of nitrogens with two attached hydrogens (primary N) is 1. The summed E-state index contributed by atoms with van der Waals surface area (Å²) >= 11 is 1.00. The number of carbonyl (C=O) groups excluding carboxylic acids is 1. The van der Waals surface area contributed by atoms with Gasteiger partial charge in [0.2, 0.25) is 5.95 Å². The van der Waals surface area contributed by atoms with Gasteiger partial charge in [-0.2, -0.15) is 5.26 Å². The number of esters is 1. The molecule has 5 rings (SSSR count). The minimum Gasteiger partial charge on any atom is -0.460 e. The molecule has 0 saturated carbocycles. The van der Waals surface area contributed by atoms with Crippen molar-refractivity contribution in [2.24, 2.45) is 11.8 Å². The lowest BCUT2D eigenvalue weighted by Crippen LogP contribution is -2.21. The summed E-state index contributed by atoms with van der Waals surface area (Å²) in [6.45, 7) is 27.9. The number of allylic oxidation sites excluding steroid dienone is 2. The number of unbranched alkanes of at least 4 members (excludes halogenated alkanes) is 3. The Morgan fingerprint density at radius 3 is 2.26 bits per heavy atom. The van der Waals surface area contributed by atoms with Crippen molar-refractivity contribution >= 4 is 50.6 Å². The predicted octanol–water partition coefficient (Wildman–Crippen LogP) is 13.5. The lowest BCUT2D eigenvalue weighted by molar-refractivity contribution is -0.151. The van der Waals surface area contributed by atoms with E-state index in [2.05, 4.69) is 57.5 Å². The molecule has 1 aromatic carbocycles. The van der Waals surface area contributed by atoms with E-state index >= 15 is 8.78 Å². The van der Waals surface area contributed by atoms with Crippen LogP contribution in [0.25, 0.3) is 22.3 Å².